The molecule has 8 heteroatoms. The average Bonchev–Trinajstić information content (AvgIpc) is 3.05. The van der Waals surface area contributed by atoms with Crippen LogP contribution in [0.3, 0.4) is 0 Å². The van der Waals surface area contributed by atoms with Crippen LogP contribution in [0.15, 0.2) is 39.8 Å². The molecule has 2 aromatic rings. The second kappa shape index (κ2) is 8.55. The molecule has 0 bridgehead atoms. The first kappa shape index (κ1) is 18.8. The van der Waals surface area contributed by atoms with E-state index in [0.717, 1.165) is 24.2 Å². The van der Waals surface area contributed by atoms with E-state index in [4.69, 9.17) is 4.52 Å². The number of nitrogens with zero attached hydrogens (tertiary/aromatic N) is 2. The molecule has 0 aliphatic carbocycles. The number of nitrogens with one attached hydrogen (secondary N) is 2. The van der Waals surface area contributed by atoms with Gasteiger partial charge in [0, 0.05) is 12.6 Å². The molecule has 0 amide bonds. The maximum absolute atomic E-state index is 12.8. The summed E-state index contributed by atoms with van der Waals surface area (Å²) in [6.45, 7) is 5.04. The van der Waals surface area contributed by atoms with Gasteiger partial charge in [-0.25, -0.2) is 4.99 Å². The molecule has 0 unspecified atom stereocenters. The van der Waals surface area contributed by atoms with Crippen LogP contribution in [0.2, 0.25) is 0 Å². The van der Waals surface area contributed by atoms with E-state index in [2.05, 4.69) is 20.8 Å². The van der Waals surface area contributed by atoms with Gasteiger partial charge < -0.3 is 15.2 Å². The molecule has 25 heavy (non-hydrogen) atoms. The third-order valence-corrected chi connectivity index (χ3v) is 3.42. The van der Waals surface area contributed by atoms with Gasteiger partial charge in [-0.2, -0.15) is 13.2 Å². The lowest BCUT2D eigenvalue weighted by Crippen LogP contribution is -2.36. The maximum Gasteiger partial charge on any atom is 0.416 e. The first-order valence-electron chi connectivity index (χ1n) is 8.05. The lowest BCUT2D eigenvalue weighted by Gasteiger charge is -2.11. The first-order valence-corrected chi connectivity index (χ1v) is 8.05. The van der Waals surface area contributed by atoms with Gasteiger partial charge >= 0.3 is 6.18 Å². The van der Waals surface area contributed by atoms with Crippen LogP contribution in [0.5, 0.6) is 0 Å². The summed E-state index contributed by atoms with van der Waals surface area (Å²) in [6.07, 6.45) is -3.57. The molecule has 1 aromatic heterocycles. The molecule has 1 heterocycles. The van der Waals surface area contributed by atoms with Gasteiger partial charge in [-0.05, 0) is 31.0 Å². The SMILES string of the molecule is CCNC(=NCc1cccc(C(F)(F)F)c1)NCc1cc(CC)no1. The quantitative estimate of drug-likeness (QED) is 0.616. The molecule has 0 fully saturated rings. The number of rotatable bonds is 6. The number of hydrogen-bond donors (Lipinski definition) is 2. The molecule has 0 aliphatic rings. The molecule has 0 saturated heterocycles. The lowest BCUT2D eigenvalue weighted by atomic mass is 10.1. The Morgan fingerprint density at radius 2 is 2.00 bits per heavy atom. The number of guanidine groups is 1. The van der Waals surface area contributed by atoms with Crippen molar-refractivity contribution in [2.75, 3.05) is 6.54 Å². The van der Waals surface area contributed by atoms with Crippen LogP contribution in [-0.2, 0) is 25.7 Å². The van der Waals surface area contributed by atoms with Gasteiger partial charge in [0.15, 0.2) is 11.7 Å². The minimum absolute atomic E-state index is 0.135. The molecule has 2 N–H and O–H groups in total. The minimum atomic E-state index is -4.36. The smallest absolute Gasteiger partial charge is 0.359 e. The molecule has 5 nitrogen and oxygen atoms in total. The van der Waals surface area contributed by atoms with E-state index in [1.165, 1.54) is 6.07 Å². The van der Waals surface area contributed by atoms with Gasteiger partial charge in [0.1, 0.15) is 0 Å². The maximum atomic E-state index is 12.8. The van der Waals surface area contributed by atoms with E-state index in [-0.39, 0.29) is 6.54 Å². The molecule has 0 aliphatic heterocycles. The van der Waals surface area contributed by atoms with Crippen molar-refractivity contribution in [1.29, 1.82) is 0 Å². The van der Waals surface area contributed by atoms with E-state index in [1.54, 1.807) is 6.07 Å². The summed E-state index contributed by atoms with van der Waals surface area (Å²) in [5, 5.41) is 10.0. The third-order valence-electron chi connectivity index (χ3n) is 3.42. The van der Waals surface area contributed by atoms with Crippen LogP contribution in [0.1, 0.15) is 36.4 Å². The average molecular weight is 354 g/mol. The zero-order valence-corrected chi connectivity index (χ0v) is 14.2. The molecule has 0 atom stereocenters. The van der Waals surface area contributed by atoms with Crippen LogP contribution in [0.25, 0.3) is 0 Å². The molecule has 0 spiro atoms. The van der Waals surface area contributed by atoms with Crippen molar-refractivity contribution in [1.82, 2.24) is 15.8 Å². The molecule has 0 saturated carbocycles. The molecule has 2 rings (SSSR count). The Morgan fingerprint density at radius 3 is 2.64 bits per heavy atom. The number of alkyl halides is 3. The molecule has 1 aromatic carbocycles. The molecule has 136 valence electrons. The molecule has 0 radical (unpaired) electrons. The lowest BCUT2D eigenvalue weighted by molar-refractivity contribution is -0.137. The molecular formula is C17H21F3N4O. The summed E-state index contributed by atoms with van der Waals surface area (Å²) in [7, 11) is 0. The van der Waals surface area contributed by atoms with Crippen molar-refractivity contribution < 1.29 is 17.7 Å². The summed E-state index contributed by atoms with van der Waals surface area (Å²) < 4.78 is 43.4. The summed E-state index contributed by atoms with van der Waals surface area (Å²) in [4.78, 5) is 4.31. The van der Waals surface area contributed by atoms with Gasteiger partial charge in [-0.1, -0.05) is 24.2 Å². The van der Waals surface area contributed by atoms with Gasteiger partial charge in [0.05, 0.1) is 24.3 Å². The van der Waals surface area contributed by atoms with E-state index in [9.17, 15) is 13.2 Å². The van der Waals surface area contributed by atoms with Crippen LogP contribution in [0.4, 0.5) is 13.2 Å². The fourth-order valence-electron chi connectivity index (χ4n) is 2.13. The Morgan fingerprint density at radius 1 is 1.20 bits per heavy atom. The summed E-state index contributed by atoms with van der Waals surface area (Å²) >= 11 is 0. The highest BCUT2D eigenvalue weighted by atomic mass is 19.4. The Hall–Kier alpha value is -2.51. The van der Waals surface area contributed by atoms with E-state index in [1.807, 2.05) is 19.9 Å². The summed E-state index contributed by atoms with van der Waals surface area (Å²) in [5.74, 6) is 1.16. The zero-order valence-electron chi connectivity index (χ0n) is 14.2. The van der Waals surface area contributed by atoms with Gasteiger partial charge in [0.25, 0.3) is 0 Å². The van der Waals surface area contributed by atoms with Gasteiger partial charge in [-0.3, -0.25) is 0 Å². The highest BCUT2D eigenvalue weighted by Gasteiger charge is 2.30. The van der Waals surface area contributed by atoms with Gasteiger partial charge in [0.2, 0.25) is 0 Å². The number of hydrogen-bond acceptors (Lipinski definition) is 3. The Bertz CT molecular complexity index is 710. The standard InChI is InChI=1S/C17H21F3N4O/c1-3-14-9-15(25-24-14)11-23-16(21-4-2)22-10-12-6-5-7-13(8-12)17(18,19)20/h5-9H,3-4,10-11H2,1-2H3,(H2,21,22,23). The first-order chi connectivity index (χ1) is 11.9. The van der Waals surface area contributed by atoms with Crippen LogP contribution < -0.4 is 10.6 Å². The zero-order chi connectivity index (χ0) is 18.3. The Balaban J connectivity index is 2.01. The minimum Gasteiger partial charge on any atom is -0.359 e. The fraction of sp³-hybridized carbons (Fsp3) is 0.412. The fourth-order valence-corrected chi connectivity index (χ4v) is 2.13. The number of aromatic nitrogens is 1. The Kier molecular flexibility index (Phi) is 6.44. The van der Waals surface area contributed by atoms with E-state index >= 15 is 0 Å². The summed E-state index contributed by atoms with van der Waals surface area (Å²) in [5.41, 5.74) is 0.676. The third kappa shape index (κ3) is 5.81. The predicted molar refractivity (Wildman–Crippen MR) is 89.0 cm³/mol. The van der Waals surface area contributed by atoms with Crippen LogP contribution >= 0.6 is 0 Å². The predicted octanol–water partition coefficient (Wildman–Crippen LogP) is 3.51. The normalized spacial score (nSPS) is 12.3. The van der Waals surface area contributed by atoms with Crippen molar-refractivity contribution in [3.05, 3.63) is 52.9 Å². The topological polar surface area (TPSA) is 62.5 Å². The highest BCUT2D eigenvalue weighted by Crippen LogP contribution is 2.29. The van der Waals surface area contributed by atoms with Crippen molar-refractivity contribution >= 4 is 5.96 Å². The number of benzene rings is 1. The Labute approximate surface area is 144 Å². The van der Waals surface area contributed by atoms with Crippen molar-refractivity contribution in [3.8, 4) is 0 Å². The monoisotopic (exact) mass is 354 g/mol. The van der Waals surface area contributed by atoms with Crippen LogP contribution in [0, 0.1) is 0 Å². The van der Waals surface area contributed by atoms with Crippen LogP contribution in [-0.4, -0.2) is 17.7 Å². The number of aliphatic imine (C=N–C) groups is 1. The number of aryl methyl sites for hydroxylation is 1. The van der Waals surface area contributed by atoms with E-state index in [0.29, 0.717) is 30.4 Å². The van der Waals surface area contributed by atoms with Crippen molar-refractivity contribution in [2.45, 2.75) is 39.5 Å². The van der Waals surface area contributed by atoms with E-state index < -0.39 is 11.7 Å². The van der Waals surface area contributed by atoms with Crippen molar-refractivity contribution in [3.63, 3.8) is 0 Å². The summed E-state index contributed by atoms with van der Waals surface area (Å²) in [6, 6.07) is 7.01. The number of halogens is 3. The second-order valence-corrected chi connectivity index (χ2v) is 5.38. The second-order valence-electron chi connectivity index (χ2n) is 5.38. The van der Waals surface area contributed by atoms with Gasteiger partial charge in [-0.15, -0.1) is 0 Å². The largest absolute Gasteiger partial charge is 0.416 e. The highest BCUT2D eigenvalue weighted by molar-refractivity contribution is 5.79. The van der Waals surface area contributed by atoms with Crippen molar-refractivity contribution in [2.24, 2.45) is 4.99 Å². The molecular weight excluding hydrogens is 333 g/mol.